The summed E-state index contributed by atoms with van der Waals surface area (Å²) in [5.41, 5.74) is 17.7. The minimum absolute atomic E-state index is 0. The fourth-order valence-corrected chi connectivity index (χ4v) is 11.9. The Kier molecular flexibility index (Phi) is 12.6. The van der Waals surface area contributed by atoms with Crippen LogP contribution in [0.2, 0.25) is 0 Å². The van der Waals surface area contributed by atoms with E-state index in [4.69, 9.17) is 13.2 Å². The third kappa shape index (κ3) is 10.7. The predicted octanol–water partition coefficient (Wildman–Crippen LogP) is 22.2. The fourth-order valence-electron chi connectivity index (χ4n) is 11.9. The molecule has 14 rings (SSSR count). The average Bonchev–Trinajstić information content (AvgIpc) is 1.68. The van der Waals surface area contributed by atoms with Crippen LogP contribution in [0.5, 0.6) is 0 Å². The molecule has 428 valence electrons. The van der Waals surface area contributed by atoms with Gasteiger partial charge in [-0.1, -0.05) is 264 Å². The second-order valence-corrected chi connectivity index (χ2v) is 24.0. The van der Waals surface area contributed by atoms with Crippen LogP contribution in [0, 0.1) is 25.7 Å². The van der Waals surface area contributed by atoms with Crippen LogP contribution in [0.4, 0.5) is 57.0 Å². The summed E-state index contributed by atoms with van der Waals surface area (Å²) in [7, 11) is 0. The van der Waals surface area contributed by atoms with Gasteiger partial charge in [-0.15, -0.1) is 53.8 Å². The number of nitrogens with zero attached hydrogens (tertiary/aromatic N) is 5. The van der Waals surface area contributed by atoms with Gasteiger partial charge in [-0.05, 0) is 98.6 Å². The van der Waals surface area contributed by atoms with E-state index in [9.17, 15) is 2.74 Å². The first-order chi connectivity index (χ1) is 45.1. The van der Waals surface area contributed by atoms with Crippen LogP contribution in [0.25, 0.3) is 66.8 Å². The Morgan fingerprint density at radius 3 is 1.67 bits per heavy atom. The summed E-state index contributed by atoms with van der Waals surface area (Å²) in [6, 6.07) is 83.2. The van der Waals surface area contributed by atoms with Gasteiger partial charge in [0, 0.05) is 76.4 Å². The number of anilines is 10. The molecule has 11 aromatic carbocycles. The number of aromatic nitrogens is 1. The maximum atomic E-state index is 9.48. The van der Waals surface area contributed by atoms with E-state index in [2.05, 4.69) is 172 Å². The molecule has 0 bridgehead atoms. The van der Waals surface area contributed by atoms with Crippen molar-refractivity contribution in [2.75, 3.05) is 19.6 Å². The number of hydrogen-bond acceptors (Lipinski definition) is 5. The van der Waals surface area contributed by atoms with Crippen LogP contribution in [0.1, 0.15) is 69.2 Å². The number of benzene rings is 11. The van der Waals surface area contributed by atoms with Crippen molar-refractivity contribution in [2.45, 2.75) is 59.2 Å². The van der Waals surface area contributed by atoms with Crippen molar-refractivity contribution in [1.29, 1.82) is 0 Å². The molecule has 5 nitrogen and oxygen atoms in total. The van der Waals surface area contributed by atoms with E-state index in [1.54, 1.807) is 12.3 Å². The summed E-state index contributed by atoms with van der Waals surface area (Å²) < 4.78 is 72.4. The van der Waals surface area contributed by atoms with Crippen LogP contribution in [0.3, 0.4) is 0 Å². The molecule has 0 fully saturated rings. The normalized spacial score (nSPS) is 14.0. The third-order valence-electron chi connectivity index (χ3n) is 16.3. The summed E-state index contributed by atoms with van der Waals surface area (Å²) in [6.45, 7) is 12.8. The van der Waals surface area contributed by atoms with Gasteiger partial charge in [0.1, 0.15) is 5.82 Å². The minimum atomic E-state index is -2.50. The van der Waals surface area contributed by atoms with Gasteiger partial charge in [0.05, 0.1) is 12.5 Å². The summed E-state index contributed by atoms with van der Waals surface area (Å²) in [4.78, 5) is 13.6. The molecule has 0 saturated heterocycles. The van der Waals surface area contributed by atoms with Crippen molar-refractivity contribution in [3.63, 3.8) is 0 Å². The molecule has 0 N–H and O–H groups in total. The van der Waals surface area contributed by atoms with E-state index in [-0.39, 0.29) is 55.1 Å². The quantitative estimate of drug-likeness (QED) is 0.127. The van der Waals surface area contributed by atoms with Gasteiger partial charge in [-0.3, -0.25) is 0 Å². The van der Waals surface area contributed by atoms with Crippen LogP contribution >= 0.6 is 0 Å². The van der Waals surface area contributed by atoms with Gasteiger partial charge in [0.15, 0.2) is 0 Å². The molecule has 0 unspecified atom stereocenters. The van der Waals surface area contributed by atoms with E-state index in [0.29, 0.717) is 45.4 Å². The maximum Gasteiger partial charge on any atom is 0.135 e. The molecule has 12 aromatic rings. The molecular weight excluding hydrogens is 1240 g/mol. The molecule has 0 amide bonds. The molecule has 0 radical (unpaired) electrons. The Labute approximate surface area is 539 Å². The number of rotatable bonds is 10. The summed E-state index contributed by atoms with van der Waals surface area (Å²) >= 11 is 0. The predicted molar refractivity (Wildman–Crippen MR) is 361 cm³/mol. The monoisotopic (exact) mass is 1310 g/mol. The Morgan fingerprint density at radius 2 is 1.01 bits per heavy atom. The Morgan fingerprint density at radius 1 is 0.448 bits per heavy atom. The van der Waals surface area contributed by atoms with Crippen molar-refractivity contribution in [3.05, 3.63) is 302 Å². The van der Waals surface area contributed by atoms with Crippen LogP contribution < -0.4 is 19.6 Å². The number of hydrogen-bond donors (Lipinski definition) is 0. The second-order valence-electron chi connectivity index (χ2n) is 24.0. The van der Waals surface area contributed by atoms with Gasteiger partial charge in [-0.2, -0.15) is 6.07 Å². The topological polar surface area (TPSA) is 25.9 Å². The van der Waals surface area contributed by atoms with Crippen LogP contribution in [-0.4, -0.2) is 4.98 Å². The largest absolute Gasteiger partial charge is 0.493 e. The first kappa shape index (κ1) is 47.7. The number of pyridine rings is 1. The van der Waals surface area contributed by atoms with E-state index in [1.165, 1.54) is 0 Å². The Bertz CT molecular complexity index is 4870. The zero-order valence-corrected chi connectivity index (χ0v) is 51.4. The SMILES string of the molecule is [2H]c1c([2H])c([2H])c(-c2cccc(-c3cc(C(C)(C)C)cc(C(C)(C)C)c3)c2N2[CH-]N(c3[c-]c(N(c4[c-]c5c(cc4)-c4ccccc4-c4ccccc4N5c4cc(C([2H])([2H])[2H])c(-c5ccccc5)cn4)c4ccccc4)cc(-c4ccccc4)c3)c3ccccc32)c([2H])c1[2H].[Pt]. The van der Waals surface area contributed by atoms with Crippen LogP contribution in [0.15, 0.2) is 267 Å². The summed E-state index contributed by atoms with van der Waals surface area (Å²) in [5, 5.41) is 0. The first-order valence-electron chi connectivity index (χ1n) is 33.1. The van der Waals surface area contributed by atoms with Crippen molar-refractivity contribution < 1.29 is 32.0 Å². The molecule has 6 heteroatoms. The van der Waals surface area contributed by atoms with Gasteiger partial charge in [0.25, 0.3) is 0 Å². The molecule has 0 spiro atoms. The standard InChI is InChI=1S/C81H66N5.Pt/c1-55-45-78(82-53-73(55)58-31-16-10-17-32-58)86-74-40-23-22-37-71(74)69-35-20-21-36-70(69)72-44-43-64(52-77(72)86)85(63-33-18-11-19-34-63)66-49-59(56-27-12-8-13-28-56)48-65(51-66)83-54-84(76-42-25-24-41-75(76)83)79-67(57-29-14-9-15-30-57)38-26-39-68(79)60-46-61(80(2,3)4)50-62(47-60)81(5,6)7;/h8-50,53-54H,1-7H3;/q-3;/i1D3,9D,14D,15D,29D,30D;. The summed E-state index contributed by atoms with van der Waals surface area (Å²) in [6.07, 6.45) is 1.68. The maximum absolute atomic E-state index is 9.48. The first-order valence-corrected chi connectivity index (χ1v) is 29.1. The van der Waals surface area contributed by atoms with Gasteiger partial charge in [0.2, 0.25) is 0 Å². The van der Waals surface area contributed by atoms with Crippen molar-refractivity contribution in [1.82, 2.24) is 4.98 Å². The van der Waals surface area contributed by atoms with E-state index in [0.717, 1.165) is 83.9 Å². The third-order valence-corrected chi connectivity index (χ3v) is 16.3. The average molecular weight is 1310 g/mol. The van der Waals surface area contributed by atoms with Gasteiger partial charge >= 0.3 is 0 Å². The van der Waals surface area contributed by atoms with Gasteiger partial charge in [-0.25, -0.2) is 4.98 Å². The summed E-state index contributed by atoms with van der Waals surface area (Å²) in [5.74, 6) is 0.410. The van der Waals surface area contributed by atoms with Crippen LogP contribution in [-0.2, 0) is 31.9 Å². The molecule has 0 atom stereocenters. The molecule has 3 heterocycles. The number of para-hydroxylation sites is 5. The van der Waals surface area contributed by atoms with Crippen molar-refractivity contribution in [3.8, 4) is 66.8 Å². The molecule has 2 aliphatic rings. The molecule has 87 heavy (non-hydrogen) atoms. The molecule has 0 saturated carbocycles. The zero-order valence-electron chi connectivity index (χ0n) is 57.1. The number of aryl methyl sites for hydroxylation is 1. The fraction of sp³-hybridized carbons (Fsp3) is 0.111. The Balaban J connectivity index is 0.00000818. The van der Waals surface area contributed by atoms with E-state index in [1.807, 2.05) is 133 Å². The zero-order chi connectivity index (χ0) is 65.5. The van der Waals surface area contributed by atoms with E-state index >= 15 is 0 Å². The molecule has 2 aliphatic heterocycles. The second kappa shape index (κ2) is 23.0. The van der Waals surface area contributed by atoms with Crippen molar-refractivity contribution in [2.24, 2.45) is 0 Å². The molecular formula is C81H66N5Pt-3. The van der Waals surface area contributed by atoms with E-state index < -0.39 is 25.0 Å². The molecule has 1 aromatic heterocycles. The van der Waals surface area contributed by atoms with Gasteiger partial charge < -0.3 is 19.6 Å². The molecule has 0 aliphatic carbocycles. The Hall–Kier alpha value is -9.54. The smallest absolute Gasteiger partial charge is 0.135 e. The van der Waals surface area contributed by atoms with Crippen molar-refractivity contribution >= 4 is 57.0 Å². The number of fused-ring (bicyclic) bond motifs is 6. The minimum Gasteiger partial charge on any atom is -0.493 e.